The zero-order chi connectivity index (χ0) is 16.7. The Labute approximate surface area is 127 Å². The summed E-state index contributed by atoms with van der Waals surface area (Å²) in [6.07, 6.45) is 3.88. The normalized spacial score (nSPS) is 11.5. The van der Waals surface area contributed by atoms with Gasteiger partial charge < -0.3 is 15.5 Å². The molecule has 1 rings (SSSR count). The summed E-state index contributed by atoms with van der Waals surface area (Å²) in [4.78, 5) is 23.1. The molecule has 6 nitrogen and oxygen atoms in total. The molecule has 0 heterocycles. The van der Waals surface area contributed by atoms with Gasteiger partial charge in [-0.05, 0) is 37.3 Å². The first kappa shape index (κ1) is 16.7. The lowest BCUT2D eigenvalue weighted by atomic mass is 10.1. The summed E-state index contributed by atoms with van der Waals surface area (Å²) >= 11 is 0. The molecule has 0 unspecified atom stereocenters. The van der Waals surface area contributed by atoms with Crippen molar-refractivity contribution in [2.75, 3.05) is 5.32 Å². The van der Waals surface area contributed by atoms with Crippen LogP contribution in [0.5, 0.6) is 0 Å². The van der Waals surface area contributed by atoms with Crippen LogP contribution in [-0.4, -0.2) is 22.1 Å². The number of carboxylic acids is 1. The first-order valence-electron chi connectivity index (χ1n) is 6.17. The fraction of sp³-hybridized carbons (Fsp3) is 0.0625. The predicted octanol–water partition coefficient (Wildman–Crippen LogP) is 2.77. The van der Waals surface area contributed by atoms with E-state index in [0.29, 0.717) is 0 Å². The number of aliphatic hydroxyl groups is 1. The van der Waals surface area contributed by atoms with Crippen LogP contribution in [0.15, 0.2) is 54.3 Å². The molecular weight excluding hydrogens is 284 g/mol. The number of nitriles is 1. The number of benzene rings is 1. The van der Waals surface area contributed by atoms with Crippen LogP contribution in [0.2, 0.25) is 0 Å². The van der Waals surface area contributed by atoms with E-state index in [1.54, 1.807) is 0 Å². The molecule has 6 heteroatoms. The number of aromatic carboxylic acids is 1. The number of rotatable bonds is 5. The summed E-state index contributed by atoms with van der Waals surface area (Å²) in [5.41, 5.74) is 0.349. The highest BCUT2D eigenvalue weighted by atomic mass is 16.4. The Hall–Kier alpha value is -3.33. The quantitative estimate of drug-likeness (QED) is 0.440. The molecule has 1 aromatic rings. The molecule has 3 N–H and O–H groups in total. The summed E-state index contributed by atoms with van der Waals surface area (Å²) < 4.78 is 0. The van der Waals surface area contributed by atoms with Crippen molar-refractivity contribution in [2.24, 2.45) is 0 Å². The lowest BCUT2D eigenvalue weighted by Crippen LogP contribution is -2.15. The third-order valence-corrected chi connectivity index (χ3v) is 2.70. The van der Waals surface area contributed by atoms with E-state index in [2.05, 4.69) is 11.9 Å². The second-order valence-electron chi connectivity index (χ2n) is 4.28. The Morgan fingerprint density at radius 1 is 1.32 bits per heavy atom. The summed E-state index contributed by atoms with van der Waals surface area (Å²) in [5.74, 6) is -1.88. The summed E-state index contributed by atoms with van der Waals surface area (Å²) in [7, 11) is 0. The third-order valence-electron chi connectivity index (χ3n) is 2.70. The molecule has 0 saturated carbocycles. The van der Waals surface area contributed by atoms with Gasteiger partial charge >= 0.3 is 5.97 Å². The molecule has 0 atom stereocenters. The van der Waals surface area contributed by atoms with Crippen molar-refractivity contribution in [3.05, 3.63) is 65.5 Å². The van der Waals surface area contributed by atoms with Crippen LogP contribution in [0.4, 0.5) is 5.69 Å². The standard InChI is InChI=1S/C16H14N2O4/c1-3-12(19)6-4-10(2)15(20)18-14-7-5-11(9-17)8-13(14)16(21)22/h3-8,19H,1H2,2H3,(H,18,20)(H,21,22)/b10-4+,12-6+. The molecule has 0 aromatic heterocycles. The number of carbonyl (C=O) groups excluding carboxylic acids is 1. The number of hydrogen-bond donors (Lipinski definition) is 3. The highest BCUT2D eigenvalue weighted by Gasteiger charge is 2.14. The second-order valence-corrected chi connectivity index (χ2v) is 4.28. The first-order valence-corrected chi connectivity index (χ1v) is 6.17. The van der Waals surface area contributed by atoms with Gasteiger partial charge in [-0.15, -0.1) is 0 Å². The number of carbonyl (C=O) groups is 2. The first-order chi connectivity index (χ1) is 10.4. The van der Waals surface area contributed by atoms with E-state index < -0.39 is 11.9 Å². The molecule has 112 valence electrons. The van der Waals surface area contributed by atoms with E-state index >= 15 is 0 Å². The molecule has 0 saturated heterocycles. The molecule has 0 aliphatic carbocycles. The van der Waals surface area contributed by atoms with Crippen LogP contribution < -0.4 is 5.32 Å². The van der Waals surface area contributed by atoms with Crippen molar-refractivity contribution in [2.45, 2.75) is 6.92 Å². The fourth-order valence-electron chi connectivity index (χ4n) is 1.47. The Bertz CT molecular complexity index is 724. The number of carboxylic acid groups (broad SMARTS) is 1. The number of nitrogens with zero attached hydrogens (tertiary/aromatic N) is 1. The zero-order valence-electron chi connectivity index (χ0n) is 11.8. The van der Waals surface area contributed by atoms with Crippen molar-refractivity contribution in [1.29, 1.82) is 5.26 Å². The minimum absolute atomic E-state index is 0.0844. The van der Waals surface area contributed by atoms with Crippen LogP contribution >= 0.6 is 0 Å². The van der Waals surface area contributed by atoms with Gasteiger partial charge in [0, 0.05) is 5.57 Å². The van der Waals surface area contributed by atoms with E-state index in [9.17, 15) is 14.7 Å². The summed E-state index contributed by atoms with van der Waals surface area (Å²) in [5, 5.41) is 29.6. The molecular formula is C16H14N2O4. The Balaban J connectivity index is 3.05. The van der Waals surface area contributed by atoms with Crippen molar-refractivity contribution in [3.63, 3.8) is 0 Å². The molecule has 0 fully saturated rings. The van der Waals surface area contributed by atoms with Gasteiger partial charge in [0.2, 0.25) is 0 Å². The van der Waals surface area contributed by atoms with E-state index in [1.807, 2.05) is 6.07 Å². The highest BCUT2D eigenvalue weighted by Crippen LogP contribution is 2.18. The van der Waals surface area contributed by atoms with Crippen molar-refractivity contribution in [1.82, 2.24) is 0 Å². The maximum atomic E-state index is 12.0. The number of hydrogen-bond acceptors (Lipinski definition) is 4. The van der Waals surface area contributed by atoms with Crippen LogP contribution in [0.3, 0.4) is 0 Å². The molecule has 0 bridgehead atoms. The van der Waals surface area contributed by atoms with Gasteiger partial charge in [0.15, 0.2) is 0 Å². The van der Waals surface area contributed by atoms with E-state index in [4.69, 9.17) is 10.4 Å². The van der Waals surface area contributed by atoms with Crippen LogP contribution in [0, 0.1) is 11.3 Å². The van der Waals surface area contributed by atoms with Crippen molar-refractivity contribution < 1.29 is 19.8 Å². The minimum atomic E-state index is -1.25. The van der Waals surface area contributed by atoms with Crippen LogP contribution in [0.25, 0.3) is 0 Å². The summed E-state index contributed by atoms with van der Waals surface area (Å²) in [6, 6.07) is 5.77. The van der Waals surface area contributed by atoms with Crippen LogP contribution in [0.1, 0.15) is 22.8 Å². The number of amides is 1. The second kappa shape index (κ2) is 7.45. The topological polar surface area (TPSA) is 110 Å². The SMILES string of the molecule is C=C/C(O)=C\C=C(/C)C(=O)Nc1ccc(C#N)cc1C(=O)O. The maximum absolute atomic E-state index is 12.0. The van der Waals surface area contributed by atoms with Crippen molar-refractivity contribution >= 4 is 17.6 Å². The van der Waals surface area contributed by atoms with Gasteiger partial charge in [0.25, 0.3) is 5.91 Å². The van der Waals surface area contributed by atoms with Gasteiger partial charge in [-0.3, -0.25) is 4.79 Å². The largest absolute Gasteiger partial charge is 0.508 e. The number of allylic oxidation sites excluding steroid dienone is 3. The zero-order valence-corrected chi connectivity index (χ0v) is 11.8. The molecule has 0 spiro atoms. The number of aliphatic hydroxyl groups excluding tert-OH is 1. The van der Waals surface area contributed by atoms with Crippen molar-refractivity contribution in [3.8, 4) is 6.07 Å². The van der Waals surface area contributed by atoms with Gasteiger partial charge in [0.05, 0.1) is 22.9 Å². The molecule has 0 aliphatic rings. The molecule has 1 amide bonds. The fourth-order valence-corrected chi connectivity index (χ4v) is 1.47. The van der Waals surface area contributed by atoms with Gasteiger partial charge in [0.1, 0.15) is 5.76 Å². The Kier molecular flexibility index (Phi) is 5.66. The number of nitrogens with one attached hydrogen (secondary N) is 1. The lowest BCUT2D eigenvalue weighted by Gasteiger charge is -2.08. The van der Waals surface area contributed by atoms with Gasteiger partial charge in [-0.25, -0.2) is 4.79 Å². The van der Waals surface area contributed by atoms with E-state index in [-0.39, 0.29) is 28.1 Å². The van der Waals surface area contributed by atoms with Crippen LogP contribution in [-0.2, 0) is 4.79 Å². The Morgan fingerprint density at radius 3 is 2.55 bits per heavy atom. The van der Waals surface area contributed by atoms with Gasteiger partial charge in [-0.1, -0.05) is 12.7 Å². The summed E-state index contributed by atoms with van der Waals surface area (Å²) in [6.45, 7) is 4.87. The molecule has 1 aromatic carbocycles. The highest BCUT2D eigenvalue weighted by molar-refractivity contribution is 6.07. The lowest BCUT2D eigenvalue weighted by molar-refractivity contribution is -0.112. The van der Waals surface area contributed by atoms with E-state index in [0.717, 1.165) is 0 Å². The average molecular weight is 298 g/mol. The Morgan fingerprint density at radius 2 is 2.00 bits per heavy atom. The monoisotopic (exact) mass is 298 g/mol. The maximum Gasteiger partial charge on any atom is 0.337 e. The molecule has 0 aliphatic heterocycles. The van der Waals surface area contributed by atoms with Gasteiger partial charge in [-0.2, -0.15) is 5.26 Å². The number of anilines is 1. The third kappa shape index (κ3) is 4.35. The smallest absolute Gasteiger partial charge is 0.337 e. The molecule has 22 heavy (non-hydrogen) atoms. The van der Waals surface area contributed by atoms with E-state index in [1.165, 1.54) is 43.4 Å². The average Bonchev–Trinajstić information content (AvgIpc) is 2.52. The predicted molar refractivity (Wildman–Crippen MR) is 81.4 cm³/mol. The molecule has 0 radical (unpaired) electrons. The minimum Gasteiger partial charge on any atom is -0.508 e.